The number of aromatic nitrogens is 2. The molecule has 3 aromatic rings. The predicted octanol–water partition coefficient (Wildman–Crippen LogP) is 4.22. The van der Waals surface area contributed by atoms with Crippen LogP contribution in [0, 0.1) is 13.8 Å². The first-order chi connectivity index (χ1) is 13.6. The molecule has 154 valence electrons. The molecule has 2 heterocycles. The van der Waals surface area contributed by atoms with Crippen LogP contribution in [0.4, 0.5) is 0 Å². The van der Waals surface area contributed by atoms with Gasteiger partial charge >= 0.3 is 0 Å². The number of benzene rings is 1. The molecule has 0 aliphatic heterocycles. The van der Waals surface area contributed by atoms with E-state index in [4.69, 9.17) is 4.74 Å². The number of guanidine groups is 1. The predicted molar refractivity (Wildman–Crippen MR) is 129 cm³/mol. The van der Waals surface area contributed by atoms with Crippen molar-refractivity contribution in [2.75, 3.05) is 7.05 Å². The molecule has 1 aromatic carbocycles. The number of aryl methyl sites for hydroxylation is 2. The van der Waals surface area contributed by atoms with E-state index in [-0.39, 0.29) is 24.0 Å². The monoisotopic (exact) mass is 523 g/mol. The van der Waals surface area contributed by atoms with Crippen molar-refractivity contribution in [2.24, 2.45) is 4.99 Å². The number of hydrogen-bond donors (Lipinski definition) is 2. The van der Waals surface area contributed by atoms with Gasteiger partial charge in [-0.25, -0.2) is 4.98 Å². The Kier molecular flexibility index (Phi) is 9.33. The van der Waals surface area contributed by atoms with Crippen LogP contribution < -0.4 is 15.4 Å². The van der Waals surface area contributed by atoms with Crippen LogP contribution >= 0.6 is 35.3 Å². The zero-order valence-electron chi connectivity index (χ0n) is 16.8. The number of ether oxygens (including phenoxy) is 1. The number of thiazole rings is 1. The third-order valence-corrected chi connectivity index (χ3v) is 5.27. The van der Waals surface area contributed by atoms with Crippen molar-refractivity contribution in [3.63, 3.8) is 0 Å². The van der Waals surface area contributed by atoms with E-state index >= 15 is 0 Å². The molecular weight excluding hydrogens is 497 g/mol. The Hall–Kier alpha value is -2.20. The molecule has 2 aromatic heterocycles. The Balaban J connectivity index is 0.00000300. The SMILES string of the molecule is CN=C(NCc1ccc(OCc2ccccn2)cc1)NCc1nc(C)c(C)s1.I. The lowest BCUT2D eigenvalue weighted by atomic mass is 10.2. The average molecular weight is 523 g/mol. The number of hydrogen-bond acceptors (Lipinski definition) is 5. The first-order valence-corrected chi connectivity index (χ1v) is 9.95. The van der Waals surface area contributed by atoms with Crippen molar-refractivity contribution in [1.82, 2.24) is 20.6 Å². The van der Waals surface area contributed by atoms with Gasteiger partial charge in [-0.3, -0.25) is 9.98 Å². The van der Waals surface area contributed by atoms with Gasteiger partial charge in [0, 0.05) is 24.7 Å². The van der Waals surface area contributed by atoms with E-state index in [1.165, 1.54) is 4.88 Å². The summed E-state index contributed by atoms with van der Waals surface area (Å²) in [6, 6.07) is 13.8. The molecule has 0 atom stereocenters. The lowest BCUT2D eigenvalue weighted by Crippen LogP contribution is -2.36. The Morgan fingerprint density at radius 3 is 2.45 bits per heavy atom. The maximum atomic E-state index is 5.77. The fourth-order valence-electron chi connectivity index (χ4n) is 2.52. The van der Waals surface area contributed by atoms with E-state index in [2.05, 4.69) is 32.5 Å². The lowest BCUT2D eigenvalue weighted by molar-refractivity contribution is 0.301. The van der Waals surface area contributed by atoms with Gasteiger partial charge < -0.3 is 15.4 Å². The van der Waals surface area contributed by atoms with Crippen LogP contribution in [0.3, 0.4) is 0 Å². The fraction of sp³-hybridized carbons (Fsp3) is 0.286. The van der Waals surface area contributed by atoms with Crippen LogP contribution in [-0.4, -0.2) is 23.0 Å². The second kappa shape index (κ2) is 11.7. The Morgan fingerprint density at radius 2 is 1.83 bits per heavy atom. The Labute approximate surface area is 192 Å². The van der Waals surface area contributed by atoms with Crippen molar-refractivity contribution in [2.45, 2.75) is 33.5 Å². The molecule has 0 saturated heterocycles. The minimum absolute atomic E-state index is 0. The molecule has 8 heteroatoms. The van der Waals surface area contributed by atoms with Crippen molar-refractivity contribution < 1.29 is 4.74 Å². The summed E-state index contributed by atoms with van der Waals surface area (Å²) < 4.78 is 5.77. The summed E-state index contributed by atoms with van der Waals surface area (Å²) in [5.41, 5.74) is 3.15. The molecule has 0 aliphatic rings. The van der Waals surface area contributed by atoms with Crippen molar-refractivity contribution >= 4 is 41.3 Å². The van der Waals surface area contributed by atoms with Crippen LogP contribution in [0.25, 0.3) is 0 Å². The smallest absolute Gasteiger partial charge is 0.191 e. The molecule has 0 fully saturated rings. The summed E-state index contributed by atoms with van der Waals surface area (Å²) >= 11 is 1.71. The van der Waals surface area contributed by atoms with E-state index in [0.717, 1.165) is 33.7 Å². The molecule has 29 heavy (non-hydrogen) atoms. The van der Waals surface area contributed by atoms with Crippen LogP contribution in [0.2, 0.25) is 0 Å². The first-order valence-electron chi connectivity index (χ1n) is 9.13. The van der Waals surface area contributed by atoms with Gasteiger partial charge in [-0.05, 0) is 43.7 Å². The lowest BCUT2D eigenvalue weighted by Gasteiger charge is -2.11. The van der Waals surface area contributed by atoms with Crippen molar-refractivity contribution in [3.05, 3.63) is 75.5 Å². The molecule has 3 rings (SSSR count). The van der Waals surface area contributed by atoms with Crippen molar-refractivity contribution in [3.8, 4) is 5.75 Å². The van der Waals surface area contributed by atoms with Crippen LogP contribution in [0.1, 0.15) is 26.8 Å². The van der Waals surface area contributed by atoms with E-state index in [0.29, 0.717) is 19.7 Å². The minimum atomic E-state index is 0. The van der Waals surface area contributed by atoms with Crippen LogP contribution in [-0.2, 0) is 19.7 Å². The highest BCUT2D eigenvalue weighted by molar-refractivity contribution is 14.0. The number of nitrogens with zero attached hydrogens (tertiary/aromatic N) is 3. The maximum Gasteiger partial charge on any atom is 0.191 e. The highest BCUT2D eigenvalue weighted by atomic mass is 127. The van der Waals surface area contributed by atoms with Gasteiger partial charge in [-0.2, -0.15) is 0 Å². The third-order valence-electron chi connectivity index (χ3n) is 4.20. The molecule has 0 unspecified atom stereocenters. The maximum absolute atomic E-state index is 5.77. The first kappa shape index (κ1) is 23.1. The van der Waals surface area contributed by atoms with Gasteiger partial charge in [0.15, 0.2) is 5.96 Å². The van der Waals surface area contributed by atoms with Crippen LogP contribution in [0.5, 0.6) is 5.75 Å². The largest absolute Gasteiger partial charge is 0.487 e. The third kappa shape index (κ3) is 7.28. The van der Waals surface area contributed by atoms with Gasteiger partial charge in [0.05, 0.1) is 17.9 Å². The normalized spacial score (nSPS) is 10.9. The van der Waals surface area contributed by atoms with E-state index in [9.17, 15) is 0 Å². The number of pyridine rings is 1. The zero-order chi connectivity index (χ0) is 19.8. The van der Waals surface area contributed by atoms with Gasteiger partial charge in [-0.1, -0.05) is 18.2 Å². The van der Waals surface area contributed by atoms with Gasteiger partial charge in [0.25, 0.3) is 0 Å². The second-order valence-electron chi connectivity index (χ2n) is 6.28. The molecular formula is C21H26IN5OS. The Morgan fingerprint density at radius 1 is 1.07 bits per heavy atom. The summed E-state index contributed by atoms with van der Waals surface area (Å²) in [5.74, 6) is 1.58. The number of halogens is 1. The van der Waals surface area contributed by atoms with E-state index in [1.54, 1.807) is 24.6 Å². The summed E-state index contributed by atoms with van der Waals surface area (Å²) in [5, 5.41) is 7.68. The number of nitrogens with one attached hydrogen (secondary N) is 2. The highest BCUT2D eigenvalue weighted by Crippen LogP contribution is 2.16. The Bertz CT molecular complexity index is 893. The molecule has 6 nitrogen and oxygen atoms in total. The highest BCUT2D eigenvalue weighted by Gasteiger charge is 2.05. The molecule has 0 amide bonds. The van der Waals surface area contributed by atoms with Crippen molar-refractivity contribution in [1.29, 1.82) is 0 Å². The molecule has 0 saturated carbocycles. The number of rotatable bonds is 7. The quantitative estimate of drug-likeness (QED) is 0.276. The van der Waals surface area contributed by atoms with Gasteiger partial charge in [-0.15, -0.1) is 35.3 Å². The van der Waals surface area contributed by atoms with E-state index < -0.39 is 0 Å². The van der Waals surface area contributed by atoms with E-state index in [1.807, 2.05) is 49.4 Å². The summed E-state index contributed by atoms with van der Waals surface area (Å²) in [6.45, 7) is 5.93. The molecule has 0 spiro atoms. The molecule has 0 bridgehead atoms. The number of aliphatic imine (C=N–C) groups is 1. The fourth-order valence-corrected chi connectivity index (χ4v) is 3.40. The molecule has 0 radical (unpaired) electrons. The van der Waals surface area contributed by atoms with Crippen LogP contribution in [0.15, 0.2) is 53.7 Å². The minimum Gasteiger partial charge on any atom is -0.487 e. The molecule has 0 aliphatic carbocycles. The summed E-state index contributed by atoms with van der Waals surface area (Å²) in [7, 11) is 1.77. The van der Waals surface area contributed by atoms with Gasteiger partial charge in [0.1, 0.15) is 17.4 Å². The topological polar surface area (TPSA) is 71.4 Å². The molecule has 2 N–H and O–H groups in total. The summed E-state index contributed by atoms with van der Waals surface area (Å²) in [4.78, 5) is 14.3. The second-order valence-corrected chi connectivity index (χ2v) is 7.57. The zero-order valence-corrected chi connectivity index (χ0v) is 20.0. The van der Waals surface area contributed by atoms with Gasteiger partial charge in [0.2, 0.25) is 0 Å². The standard InChI is InChI=1S/C21H25N5OS.HI/c1-15-16(2)28-20(26-15)13-25-21(22-3)24-12-17-7-9-19(10-8-17)27-14-18-6-4-5-11-23-18;/h4-11H,12-14H2,1-3H3,(H2,22,24,25);1H. The average Bonchev–Trinajstić information content (AvgIpc) is 3.05. The summed E-state index contributed by atoms with van der Waals surface area (Å²) in [6.07, 6.45) is 1.77.